The molecule has 3 atom stereocenters. The Morgan fingerprint density at radius 2 is 1.43 bits per heavy atom. The Morgan fingerprint density at radius 3 is 2.02 bits per heavy atom. The molecule has 3 heterocycles. The van der Waals surface area contributed by atoms with Gasteiger partial charge in [0.15, 0.2) is 0 Å². The highest BCUT2D eigenvalue weighted by Gasteiger charge is 2.46. The van der Waals surface area contributed by atoms with E-state index in [0.29, 0.717) is 47.9 Å². The number of piperidine rings is 1. The summed E-state index contributed by atoms with van der Waals surface area (Å²) in [6.07, 6.45) is 2.44. The summed E-state index contributed by atoms with van der Waals surface area (Å²) in [5.74, 6) is -1.13. The topological polar surface area (TPSA) is 91.4 Å². The van der Waals surface area contributed by atoms with Crippen molar-refractivity contribution in [3.8, 4) is 0 Å². The Bertz CT molecular complexity index is 1550. The van der Waals surface area contributed by atoms with E-state index in [-0.39, 0.29) is 33.5 Å². The van der Waals surface area contributed by atoms with Gasteiger partial charge in [0.05, 0.1) is 37.7 Å². The number of nitrogens with one attached hydrogen (secondary N) is 1. The van der Waals surface area contributed by atoms with E-state index in [1.54, 1.807) is 25.1 Å². The molecule has 2 saturated heterocycles. The summed E-state index contributed by atoms with van der Waals surface area (Å²) in [6, 6.07) is 16.2. The van der Waals surface area contributed by atoms with Gasteiger partial charge in [-0.15, -0.1) is 0 Å². The number of carbonyl (C=O) groups is 3. The molecule has 1 N–H and O–H groups in total. The molecular formula is C36H42Cl2N4O5. The number of allylic oxidation sites excluding steroid dienone is 1. The van der Waals surface area contributed by atoms with Crippen molar-refractivity contribution in [1.29, 1.82) is 0 Å². The highest BCUT2D eigenvalue weighted by molar-refractivity contribution is 6.36. The number of likely N-dealkylation sites (tertiary alicyclic amines) is 1. The number of hydrogen-bond acceptors (Lipinski definition) is 8. The molecule has 11 heteroatoms. The van der Waals surface area contributed by atoms with E-state index < -0.39 is 17.9 Å². The van der Waals surface area contributed by atoms with Gasteiger partial charge in [-0.3, -0.25) is 14.6 Å². The number of hydrogen-bond donors (Lipinski definition) is 1. The lowest BCUT2D eigenvalue weighted by molar-refractivity contribution is -0.137. The minimum Gasteiger partial charge on any atom is -0.466 e. The van der Waals surface area contributed by atoms with Crippen LogP contribution < -0.4 is 5.32 Å². The van der Waals surface area contributed by atoms with Gasteiger partial charge in [0, 0.05) is 78.9 Å². The predicted molar refractivity (Wildman–Crippen MR) is 181 cm³/mol. The lowest BCUT2D eigenvalue weighted by Gasteiger charge is -2.46. The number of fused-ring (bicyclic) bond motifs is 2. The smallest absolute Gasteiger partial charge is 0.336 e. The minimum atomic E-state index is -0.986. The van der Waals surface area contributed by atoms with E-state index in [0.717, 1.165) is 32.7 Å². The van der Waals surface area contributed by atoms with Crippen molar-refractivity contribution in [3.05, 3.63) is 92.2 Å². The second kappa shape index (κ2) is 14.4. The summed E-state index contributed by atoms with van der Waals surface area (Å²) in [4.78, 5) is 47.4. The molecule has 3 fully saturated rings. The maximum absolute atomic E-state index is 13.8. The average molecular weight is 682 g/mol. The summed E-state index contributed by atoms with van der Waals surface area (Å²) in [6.45, 7) is 7.81. The molecule has 9 nitrogen and oxygen atoms in total. The molecule has 0 aromatic heterocycles. The first-order valence-electron chi connectivity index (χ1n) is 16.3. The van der Waals surface area contributed by atoms with Crippen molar-refractivity contribution < 1.29 is 23.9 Å². The van der Waals surface area contributed by atoms with Crippen LogP contribution in [0.25, 0.3) is 0 Å². The lowest BCUT2D eigenvalue weighted by Crippen LogP contribution is -2.58. The largest absolute Gasteiger partial charge is 0.466 e. The van der Waals surface area contributed by atoms with Gasteiger partial charge < -0.3 is 19.7 Å². The fourth-order valence-corrected chi connectivity index (χ4v) is 8.85. The maximum atomic E-state index is 13.8. The zero-order chi connectivity index (χ0) is 33.2. The molecule has 1 amide bonds. The fourth-order valence-electron chi connectivity index (χ4n) is 8.23. The summed E-state index contributed by atoms with van der Waals surface area (Å²) in [7, 11) is 2.54. The second-order valence-electron chi connectivity index (χ2n) is 13.0. The highest BCUT2D eigenvalue weighted by atomic mass is 35.5. The molecule has 1 saturated carbocycles. The fraction of sp³-hybridized carbons (Fsp3) is 0.472. The maximum Gasteiger partial charge on any atom is 0.336 e. The number of methoxy groups -OCH3 is 2. The number of rotatable bonds is 8. The van der Waals surface area contributed by atoms with Crippen molar-refractivity contribution in [2.45, 2.75) is 44.7 Å². The number of piperazine rings is 1. The molecule has 4 aliphatic rings. The standard InChI is InChI=1S/C36H42Cl2N4O5/c1-22-30(35(44)46-2)33(31-26(37)10-7-11-27(31)38)32(36(45)47-3)28(39-22)18-29(43)41-14-16-42(17-15-41)34-24-12-13-25(34)21-40(20-24)19-23-8-5-4-6-9-23/h4-11,24-25,33-34,39H,12-21H2,1-3H3. The number of benzene rings is 2. The molecule has 2 bridgehead atoms. The average Bonchev–Trinajstić information content (AvgIpc) is 3.34. The Balaban J connectivity index is 1.17. The van der Waals surface area contributed by atoms with E-state index in [4.69, 9.17) is 32.7 Å². The van der Waals surface area contributed by atoms with E-state index in [1.807, 2.05) is 4.90 Å². The van der Waals surface area contributed by atoms with Crippen LogP contribution in [0, 0.1) is 11.8 Å². The van der Waals surface area contributed by atoms with Crippen molar-refractivity contribution in [2.75, 3.05) is 53.5 Å². The van der Waals surface area contributed by atoms with E-state index >= 15 is 0 Å². The van der Waals surface area contributed by atoms with Gasteiger partial charge in [-0.25, -0.2) is 9.59 Å². The van der Waals surface area contributed by atoms with Gasteiger partial charge in [0.1, 0.15) is 0 Å². The van der Waals surface area contributed by atoms with Crippen molar-refractivity contribution >= 4 is 41.0 Å². The van der Waals surface area contributed by atoms with Crippen molar-refractivity contribution in [2.24, 2.45) is 11.8 Å². The third-order valence-corrected chi connectivity index (χ3v) is 10.9. The molecule has 2 aromatic rings. The monoisotopic (exact) mass is 680 g/mol. The van der Waals surface area contributed by atoms with Crippen LogP contribution in [-0.4, -0.2) is 92.1 Å². The number of amides is 1. The molecular weight excluding hydrogens is 639 g/mol. The van der Waals surface area contributed by atoms with Gasteiger partial charge in [-0.2, -0.15) is 0 Å². The normalized spacial score (nSPS) is 25.1. The molecule has 3 unspecified atom stereocenters. The van der Waals surface area contributed by atoms with Crippen LogP contribution in [0.2, 0.25) is 10.0 Å². The molecule has 47 heavy (non-hydrogen) atoms. The first kappa shape index (κ1) is 33.5. The van der Waals surface area contributed by atoms with E-state index in [1.165, 1.54) is 32.6 Å². The first-order valence-corrected chi connectivity index (χ1v) is 17.0. The summed E-state index contributed by atoms with van der Waals surface area (Å²) in [5.41, 5.74) is 2.84. The number of dihydropyridines is 1. The minimum absolute atomic E-state index is 0.0715. The SMILES string of the molecule is COC(=O)C1=C(C)NC(CC(=O)N2CCN(C3C4CCC3CN(Cc3ccccc3)C4)CC2)=C(C(=O)OC)C1c1c(Cl)cccc1Cl. The van der Waals surface area contributed by atoms with Crippen molar-refractivity contribution in [3.63, 3.8) is 0 Å². The van der Waals surface area contributed by atoms with Crippen LogP contribution in [-0.2, 0) is 30.4 Å². The quantitative estimate of drug-likeness (QED) is 0.390. The number of carbonyl (C=O) groups excluding carboxylic acids is 3. The van der Waals surface area contributed by atoms with Crippen LogP contribution in [0.5, 0.6) is 0 Å². The van der Waals surface area contributed by atoms with Crippen LogP contribution >= 0.6 is 23.2 Å². The van der Waals surface area contributed by atoms with Gasteiger partial charge >= 0.3 is 11.9 Å². The van der Waals surface area contributed by atoms with E-state index in [9.17, 15) is 14.4 Å². The molecule has 6 rings (SSSR count). The second-order valence-corrected chi connectivity index (χ2v) is 13.8. The third-order valence-electron chi connectivity index (χ3n) is 10.3. The Labute approximate surface area is 286 Å². The van der Waals surface area contributed by atoms with Gasteiger partial charge in [0.25, 0.3) is 0 Å². The zero-order valence-corrected chi connectivity index (χ0v) is 28.6. The summed E-state index contributed by atoms with van der Waals surface area (Å²) < 4.78 is 10.3. The van der Waals surface area contributed by atoms with Crippen molar-refractivity contribution in [1.82, 2.24) is 20.0 Å². The Kier molecular flexibility index (Phi) is 10.3. The number of esters is 2. The van der Waals surface area contributed by atoms with Crippen LogP contribution in [0.3, 0.4) is 0 Å². The zero-order valence-electron chi connectivity index (χ0n) is 27.1. The molecule has 0 radical (unpaired) electrons. The van der Waals surface area contributed by atoms with Gasteiger partial charge in [0.2, 0.25) is 5.91 Å². The highest BCUT2D eigenvalue weighted by Crippen LogP contribution is 2.45. The van der Waals surface area contributed by atoms with E-state index in [2.05, 4.69) is 45.4 Å². The first-order chi connectivity index (χ1) is 22.7. The number of ether oxygens (including phenoxy) is 2. The summed E-state index contributed by atoms with van der Waals surface area (Å²) in [5, 5.41) is 3.72. The molecule has 3 aliphatic heterocycles. The van der Waals surface area contributed by atoms with Gasteiger partial charge in [-0.05, 0) is 49.3 Å². The molecule has 250 valence electrons. The Hall–Kier alpha value is -3.37. The lowest BCUT2D eigenvalue weighted by atomic mass is 9.79. The third kappa shape index (κ3) is 6.81. The van der Waals surface area contributed by atoms with Crippen LogP contribution in [0.4, 0.5) is 0 Å². The molecule has 2 aromatic carbocycles. The molecule has 1 aliphatic carbocycles. The van der Waals surface area contributed by atoms with Gasteiger partial charge in [-0.1, -0.05) is 59.6 Å². The summed E-state index contributed by atoms with van der Waals surface area (Å²) >= 11 is 13.2. The molecule has 0 spiro atoms. The number of nitrogens with zero attached hydrogens (tertiary/aromatic N) is 3. The van der Waals surface area contributed by atoms with Crippen LogP contribution in [0.1, 0.15) is 43.2 Å². The predicted octanol–water partition coefficient (Wildman–Crippen LogP) is 5.00. The van der Waals surface area contributed by atoms with Crippen LogP contribution in [0.15, 0.2) is 71.1 Å². The Morgan fingerprint density at radius 1 is 0.830 bits per heavy atom. The number of halogens is 2.